The Hall–Kier alpha value is -2.34. The van der Waals surface area contributed by atoms with Crippen LogP contribution in [0.5, 0.6) is 11.5 Å². The highest BCUT2D eigenvalue weighted by atomic mass is 79.9. The first kappa shape index (κ1) is 13.3. The van der Waals surface area contributed by atoms with Gasteiger partial charge in [0.15, 0.2) is 11.5 Å². The van der Waals surface area contributed by atoms with E-state index in [9.17, 15) is 4.39 Å². The van der Waals surface area contributed by atoms with Crippen LogP contribution in [0.3, 0.4) is 0 Å². The molecule has 2 heterocycles. The molecular weight excluding hydrogens is 351 g/mol. The molecule has 0 spiro atoms. The molecule has 110 valence electrons. The van der Waals surface area contributed by atoms with E-state index in [0.29, 0.717) is 10.4 Å². The van der Waals surface area contributed by atoms with E-state index >= 15 is 0 Å². The molecule has 4 nitrogen and oxygen atoms in total. The van der Waals surface area contributed by atoms with Gasteiger partial charge in [-0.2, -0.15) is 5.10 Å². The molecular formula is C16H10BrFN2O2. The Morgan fingerprint density at radius 1 is 1.00 bits per heavy atom. The Bertz CT molecular complexity index is 846. The molecule has 1 aliphatic rings. The normalized spacial score (nSPS) is 12.6. The minimum atomic E-state index is -0.278. The number of ether oxygens (including phenoxy) is 2. The Morgan fingerprint density at radius 2 is 1.77 bits per heavy atom. The average molecular weight is 361 g/mol. The van der Waals surface area contributed by atoms with Crippen molar-refractivity contribution < 1.29 is 13.9 Å². The number of rotatable bonds is 2. The van der Waals surface area contributed by atoms with Crippen molar-refractivity contribution >= 4 is 15.9 Å². The van der Waals surface area contributed by atoms with Gasteiger partial charge in [0.2, 0.25) is 6.79 Å². The van der Waals surface area contributed by atoms with Crippen LogP contribution in [0.4, 0.5) is 4.39 Å². The van der Waals surface area contributed by atoms with Gasteiger partial charge in [0.05, 0.1) is 11.4 Å². The van der Waals surface area contributed by atoms with Crippen LogP contribution in [-0.4, -0.2) is 16.6 Å². The molecule has 6 heteroatoms. The molecule has 0 saturated carbocycles. The van der Waals surface area contributed by atoms with Gasteiger partial charge in [-0.05, 0) is 64.5 Å². The molecule has 0 N–H and O–H groups in total. The molecule has 0 saturated heterocycles. The third kappa shape index (κ3) is 2.25. The summed E-state index contributed by atoms with van der Waals surface area (Å²) in [5.41, 5.74) is 2.59. The predicted molar refractivity (Wildman–Crippen MR) is 82.8 cm³/mol. The summed E-state index contributed by atoms with van der Waals surface area (Å²) in [5, 5.41) is 4.42. The summed E-state index contributed by atoms with van der Waals surface area (Å²) in [6.07, 6.45) is 0. The summed E-state index contributed by atoms with van der Waals surface area (Å²) in [4.78, 5) is 0. The van der Waals surface area contributed by atoms with E-state index in [1.807, 2.05) is 24.3 Å². The Morgan fingerprint density at radius 3 is 2.59 bits per heavy atom. The molecule has 2 aromatic carbocycles. The lowest BCUT2D eigenvalue weighted by Crippen LogP contribution is -1.99. The first-order valence-corrected chi connectivity index (χ1v) is 7.41. The van der Waals surface area contributed by atoms with Crippen molar-refractivity contribution in [2.75, 3.05) is 6.79 Å². The molecule has 4 rings (SSSR count). The average Bonchev–Trinajstić information content (AvgIpc) is 3.13. The van der Waals surface area contributed by atoms with Gasteiger partial charge < -0.3 is 9.47 Å². The third-order valence-corrected chi connectivity index (χ3v) is 3.81. The van der Waals surface area contributed by atoms with Crippen LogP contribution in [0.1, 0.15) is 0 Å². The summed E-state index contributed by atoms with van der Waals surface area (Å²) in [6, 6.07) is 13.8. The summed E-state index contributed by atoms with van der Waals surface area (Å²) < 4.78 is 26.3. The van der Waals surface area contributed by atoms with E-state index in [2.05, 4.69) is 21.0 Å². The second kappa shape index (κ2) is 5.14. The van der Waals surface area contributed by atoms with E-state index in [-0.39, 0.29) is 12.6 Å². The molecule has 0 bridgehead atoms. The van der Waals surface area contributed by atoms with Gasteiger partial charge in [-0.25, -0.2) is 9.07 Å². The molecule has 0 aliphatic carbocycles. The molecule has 0 radical (unpaired) electrons. The lowest BCUT2D eigenvalue weighted by atomic mass is 10.1. The fourth-order valence-electron chi connectivity index (χ4n) is 2.39. The van der Waals surface area contributed by atoms with Crippen LogP contribution in [0.2, 0.25) is 0 Å². The molecule has 0 fully saturated rings. The molecule has 0 unspecified atom stereocenters. The van der Waals surface area contributed by atoms with Crippen molar-refractivity contribution in [1.29, 1.82) is 0 Å². The quantitative estimate of drug-likeness (QED) is 0.688. The fraction of sp³-hybridized carbons (Fsp3) is 0.0625. The van der Waals surface area contributed by atoms with Crippen molar-refractivity contribution in [3.63, 3.8) is 0 Å². The van der Waals surface area contributed by atoms with Crippen LogP contribution >= 0.6 is 15.9 Å². The zero-order valence-corrected chi connectivity index (χ0v) is 12.9. The minimum Gasteiger partial charge on any atom is -0.454 e. The zero-order valence-electron chi connectivity index (χ0n) is 11.3. The lowest BCUT2D eigenvalue weighted by Gasteiger charge is -2.08. The molecule has 1 aliphatic heterocycles. The smallest absolute Gasteiger partial charge is 0.231 e. The number of benzene rings is 2. The van der Waals surface area contributed by atoms with Crippen LogP contribution in [0, 0.1) is 5.82 Å². The number of aromatic nitrogens is 2. The number of hydrogen-bond donors (Lipinski definition) is 0. The van der Waals surface area contributed by atoms with Crippen LogP contribution in [-0.2, 0) is 0 Å². The number of nitrogens with zero attached hydrogens (tertiary/aromatic N) is 2. The Labute approximate surface area is 134 Å². The Balaban J connectivity index is 1.84. The van der Waals surface area contributed by atoms with Crippen molar-refractivity contribution in [2.24, 2.45) is 0 Å². The topological polar surface area (TPSA) is 36.3 Å². The zero-order chi connectivity index (χ0) is 15.1. The maximum absolute atomic E-state index is 13.1. The first-order valence-electron chi connectivity index (χ1n) is 6.62. The Kier molecular flexibility index (Phi) is 3.11. The van der Waals surface area contributed by atoms with Crippen molar-refractivity contribution in [2.45, 2.75) is 0 Å². The van der Waals surface area contributed by atoms with Gasteiger partial charge >= 0.3 is 0 Å². The number of hydrogen-bond acceptors (Lipinski definition) is 3. The van der Waals surface area contributed by atoms with Crippen LogP contribution in [0.25, 0.3) is 16.9 Å². The van der Waals surface area contributed by atoms with E-state index < -0.39 is 0 Å². The van der Waals surface area contributed by atoms with Crippen molar-refractivity contribution in [3.8, 4) is 28.4 Å². The second-order valence-corrected chi connectivity index (χ2v) is 5.62. The molecule has 0 atom stereocenters. The monoisotopic (exact) mass is 360 g/mol. The van der Waals surface area contributed by atoms with Crippen molar-refractivity contribution in [1.82, 2.24) is 9.78 Å². The van der Waals surface area contributed by atoms with Gasteiger partial charge in [0, 0.05) is 5.56 Å². The van der Waals surface area contributed by atoms with E-state index in [1.54, 1.807) is 16.8 Å². The van der Waals surface area contributed by atoms with Crippen molar-refractivity contribution in [3.05, 3.63) is 59.0 Å². The molecule has 22 heavy (non-hydrogen) atoms. The highest BCUT2D eigenvalue weighted by Gasteiger charge is 2.17. The van der Waals surface area contributed by atoms with Gasteiger partial charge in [-0.3, -0.25) is 0 Å². The van der Waals surface area contributed by atoms with E-state index in [1.165, 1.54) is 12.1 Å². The summed E-state index contributed by atoms with van der Waals surface area (Å²) in [6.45, 7) is 0.236. The van der Waals surface area contributed by atoms with Crippen LogP contribution < -0.4 is 9.47 Å². The minimum absolute atomic E-state index is 0.236. The standard InChI is InChI=1S/C16H10BrFN2O2/c17-16-8-13(10-1-6-14-15(7-10)22-9-21-14)20(19-16)12-4-2-11(18)3-5-12/h1-8H,9H2. The summed E-state index contributed by atoms with van der Waals surface area (Å²) in [7, 11) is 0. The van der Waals surface area contributed by atoms with Gasteiger partial charge in [-0.15, -0.1) is 0 Å². The first-order chi connectivity index (χ1) is 10.7. The largest absolute Gasteiger partial charge is 0.454 e. The van der Waals surface area contributed by atoms with Gasteiger partial charge in [0.1, 0.15) is 10.4 Å². The maximum atomic E-state index is 13.1. The maximum Gasteiger partial charge on any atom is 0.231 e. The van der Waals surface area contributed by atoms with Gasteiger partial charge in [-0.1, -0.05) is 0 Å². The summed E-state index contributed by atoms with van der Waals surface area (Å²) in [5.74, 6) is 1.16. The van der Waals surface area contributed by atoms with E-state index in [0.717, 1.165) is 22.7 Å². The molecule has 1 aromatic heterocycles. The predicted octanol–water partition coefficient (Wildman–Crippen LogP) is 4.17. The SMILES string of the molecule is Fc1ccc(-n2nc(Br)cc2-c2ccc3c(c2)OCO3)cc1. The molecule has 3 aromatic rings. The second-order valence-electron chi connectivity index (χ2n) is 4.81. The number of halogens is 2. The van der Waals surface area contributed by atoms with Gasteiger partial charge in [0.25, 0.3) is 0 Å². The lowest BCUT2D eigenvalue weighted by molar-refractivity contribution is 0.174. The fourth-order valence-corrected chi connectivity index (χ4v) is 2.77. The number of fused-ring (bicyclic) bond motifs is 1. The van der Waals surface area contributed by atoms with E-state index in [4.69, 9.17) is 9.47 Å². The van der Waals surface area contributed by atoms with Crippen LogP contribution in [0.15, 0.2) is 53.1 Å². The molecule has 0 amide bonds. The summed E-state index contributed by atoms with van der Waals surface area (Å²) >= 11 is 3.39. The highest BCUT2D eigenvalue weighted by molar-refractivity contribution is 9.10. The third-order valence-electron chi connectivity index (χ3n) is 3.42. The highest BCUT2D eigenvalue weighted by Crippen LogP contribution is 2.37.